The third-order valence-corrected chi connectivity index (χ3v) is 5.10. The smallest absolute Gasteiger partial charge is 0.306 e. The van der Waals surface area contributed by atoms with Crippen molar-refractivity contribution in [1.82, 2.24) is 4.98 Å². The third-order valence-electron chi connectivity index (χ3n) is 4.34. The van der Waals surface area contributed by atoms with Crippen LogP contribution in [-0.2, 0) is 14.3 Å². The van der Waals surface area contributed by atoms with Crippen molar-refractivity contribution in [2.75, 3.05) is 26.1 Å². The van der Waals surface area contributed by atoms with Gasteiger partial charge in [-0.3, -0.25) is 14.9 Å². The molecule has 0 unspecified atom stereocenters. The van der Waals surface area contributed by atoms with Crippen LogP contribution >= 0.6 is 11.3 Å². The van der Waals surface area contributed by atoms with Crippen molar-refractivity contribution >= 4 is 28.3 Å². The Kier molecular flexibility index (Phi) is 6.65. The number of amides is 1. The van der Waals surface area contributed by atoms with Crippen molar-refractivity contribution in [3.8, 4) is 22.8 Å². The molecular formula is C20H22N2O5S. The molecule has 1 aliphatic carbocycles. The molecule has 0 saturated carbocycles. The summed E-state index contributed by atoms with van der Waals surface area (Å²) in [7, 11) is 3.17. The Balaban J connectivity index is 1.56. The van der Waals surface area contributed by atoms with E-state index < -0.39 is 5.91 Å². The molecule has 0 fully saturated rings. The van der Waals surface area contributed by atoms with Crippen molar-refractivity contribution in [3.63, 3.8) is 0 Å². The van der Waals surface area contributed by atoms with Crippen molar-refractivity contribution in [1.29, 1.82) is 0 Å². The molecule has 148 valence electrons. The van der Waals surface area contributed by atoms with Crippen LogP contribution in [-0.4, -0.2) is 37.7 Å². The minimum absolute atomic E-state index is 0.218. The number of ether oxygens (including phenoxy) is 3. The van der Waals surface area contributed by atoms with E-state index in [2.05, 4.69) is 16.4 Å². The highest BCUT2D eigenvalue weighted by Gasteiger charge is 2.17. The molecule has 8 heteroatoms. The molecule has 1 aromatic carbocycles. The van der Waals surface area contributed by atoms with Crippen LogP contribution in [0.5, 0.6) is 11.5 Å². The number of anilines is 1. The molecule has 0 spiro atoms. The number of hydrogen-bond acceptors (Lipinski definition) is 7. The normalized spacial score (nSPS) is 15.3. The van der Waals surface area contributed by atoms with Gasteiger partial charge in [0.2, 0.25) is 0 Å². The number of carbonyl (C=O) groups excluding carboxylic acids is 2. The van der Waals surface area contributed by atoms with Crippen LogP contribution in [0.4, 0.5) is 5.13 Å². The summed E-state index contributed by atoms with van der Waals surface area (Å²) in [6.07, 6.45) is 6.33. The minimum atomic E-state index is -0.422. The fourth-order valence-corrected chi connectivity index (χ4v) is 3.64. The van der Waals surface area contributed by atoms with Gasteiger partial charge in [0.05, 0.1) is 26.3 Å². The first-order valence-electron chi connectivity index (χ1n) is 8.89. The molecule has 0 radical (unpaired) electrons. The Bertz CT molecular complexity index is 877. The van der Waals surface area contributed by atoms with Crippen LogP contribution in [0, 0.1) is 5.92 Å². The fourth-order valence-electron chi connectivity index (χ4n) is 2.91. The van der Waals surface area contributed by atoms with Gasteiger partial charge in [0, 0.05) is 10.9 Å². The fraction of sp³-hybridized carbons (Fsp3) is 0.350. The van der Waals surface area contributed by atoms with Gasteiger partial charge in [0.15, 0.2) is 11.7 Å². The zero-order valence-corrected chi connectivity index (χ0v) is 16.6. The number of hydrogen-bond donors (Lipinski definition) is 1. The first-order valence-corrected chi connectivity index (χ1v) is 9.77. The van der Waals surface area contributed by atoms with Gasteiger partial charge < -0.3 is 14.2 Å². The topological polar surface area (TPSA) is 86.8 Å². The number of allylic oxidation sites excluding steroid dienone is 2. The average Bonchev–Trinajstić information content (AvgIpc) is 3.38. The summed E-state index contributed by atoms with van der Waals surface area (Å²) >= 11 is 1.28. The van der Waals surface area contributed by atoms with Crippen LogP contribution in [0.2, 0.25) is 0 Å². The van der Waals surface area contributed by atoms with Crippen LogP contribution in [0.15, 0.2) is 35.7 Å². The lowest BCUT2D eigenvalue weighted by atomic mass is 10.1. The van der Waals surface area contributed by atoms with Crippen molar-refractivity contribution in [2.24, 2.45) is 5.92 Å². The van der Waals surface area contributed by atoms with E-state index in [-0.39, 0.29) is 18.5 Å². The lowest BCUT2D eigenvalue weighted by Crippen LogP contribution is -2.21. The predicted octanol–water partition coefficient (Wildman–Crippen LogP) is 3.67. The molecule has 1 aromatic heterocycles. The highest BCUT2D eigenvalue weighted by Crippen LogP contribution is 2.35. The quantitative estimate of drug-likeness (QED) is 0.536. The zero-order chi connectivity index (χ0) is 19.9. The number of nitrogens with one attached hydrogen (secondary N) is 1. The van der Waals surface area contributed by atoms with E-state index in [1.54, 1.807) is 26.4 Å². The Morgan fingerprint density at radius 3 is 2.86 bits per heavy atom. The lowest BCUT2D eigenvalue weighted by Gasteiger charge is -2.08. The van der Waals surface area contributed by atoms with Crippen LogP contribution in [0.1, 0.15) is 19.3 Å². The average molecular weight is 402 g/mol. The molecule has 0 aliphatic heterocycles. The maximum absolute atomic E-state index is 12.0. The van der Waals surface area contributed by atoms with Gasteiger partial charge in [-0.05, 0) is 37.0 Å². The molecule has 0 bridgehead atoms. The first kappa shape index (κ1) is 19.9. The van der Waals surface area contributed by atoms with Crippen molar-refractivity contribution in [3.05, 3.63) is 35.7 Å². The van der Waals surface area contributed by atoms with Crippen LogP contribution in [0.25, 0.3) is 11.3 Å². The van der Waals surface area contributed by atoms with E-state index in [0.29, 0.717) is 28.7 Å². The predicted molar refractivity (Wildman–Crippen MR) is 107 cm³/mol. The standard InChI is InChI=1S/C20H22N2O5S/c1-25-14-7-8-17(26-2)15(10-14)16-12-28-20(21-16)22-18(23)11-27-19(24)9-13-5-3-4-6-13/h3,5,7-8,10,12-13H,4,6,9,11H2,1-2H3,(H,21,22,23)/t13-/m0/s1. The Labute approximate surface area is 167 Å². The number of benzene rings is 1. The highest BCUT2D eigenvalue weighted by molar-refractivity contribution is 7.14. The number of methoxy groups -OCH3 is 2. The van der Waals surface area contributed by atoms with Crippen molar-refractivity contribution < 1.29 is 23.8 Å². The van der Waals surface area contributed by atoms with E-state index in [0.717, 1.165) is 18.4 Å². The number of thiazole rings is 1. The highest BCUT2D eigenvalue weighted by atomic mass is 32.1. The Morgan fingerprint density at radius 2 is 2.14 bits per heavy atom. The third kappa shape index (κ3) is 5.10. The van der Waals surface area contributed by atoms with Gasteiger partial charge in [-0.15, -0.1) is 11.3 Å². The monoisotopic (exact) mass is 402 g/mol. The molecule has 7 nitrogen and oxygen atoms in total. The van der Waals surface area contributed by atoms with E-state index in [9.17, 15) is 9.59 Å². The molecule has 1 atom stereocenters. The maximum atomic E-state index is 12.0. The number of esters is 1. The van der Waals surface area contributed by atoms with Gasteiger partial charge in [-0.1, -0.05) is 12.2 Å². The molecule has 0 saturated heterocycles. The second-order valence-corrected chi connectivity index (χ2v) is 7.14. The molecule has 1 amide bonds. The summed E-state index contributed by atoms with van der Waals surface area (Å²) in [6.45, 7) is -0.327. The SMILES string of the molecule is COc1ccc(OC)c(-c2csc(NC(=O)COC(=O)C[C@H]3C=CCC3)n2)c1. The molecule has 28 heavy (non-hydrogen) atoms. The Hall–Kier alpha value is -2.87. The van der Waals surface area contributed by atoms with Gasteiger partial charge >= 0.3 is 5.97 Å². The molecule has 1 N–H and O–H groups in total. The zero-order valence-electron chi connectivity index (χ0n) is 15.8. The number of aromatic nitrogens is 1. The minimum Gasteiger partial charge on any atom is -0.497 e. The number of rotatable bonds is 8. The first-order chi connectivity index (χ1) is 13.6. The summed E-state index contributed by atoms with van der Waals surface area (Å²) in [5, 5.41) is 4.88. The van der Waals surface area contributed by atoms with E-state index in [4.69, 9.17) is 14.2 Å². The summed E-state index contributed by atoms with van der Waals surface area (Å²) in [5.74, 6) is 0.758. The molecular weight excluding hydrogens is 380 g/mol. The van der Waals surface area contributed by atoms with Crippen molar-refractivity contribution in [2.45, 2.75) is 19.3 Å². The van der Waals surface area contributed by atoms with Gasteiger partial charge in [-0.2, -0.15) is 0 Å². The second-order valence-electron chi connectivity index (χ2n) is 6.28. The summed E-state index contributed by atoms with van der Waals surface area (Å²) in [6, 6.07) is 5.41. The number of carbonyl (C=O) groups is 2. The van der Waals surface area contributed by atoms with E-state index in [1.165, 1.54) is 11.3 Å². The van der Waals surface area contributed by atoms with Gasteiger partial charge in [0.1, 0.15) is 11.5 Å². The lowest BCUT2D eigenvalue weighted by molar-refractivity contribution is -0.147. The summed E-state index contributed by atoms with van der Waals surface area (Å²) in [5.41, 5.74) is 1.41. The number of nitrogens with zero attached hydrogens (tertiary/aromatic N) is 1. The van der Waals surface area contributed by atoms with Crippen LogP contribution in [0.3, 0.4) is 0 Å². The van der Waals surface area contributed by atoms with E-state index >= 15 is 0 Å². The van der Waals surface area contributed by atoms with Crippen LogP contribution < -0.4 is 14.8 Å². The largest absolute Gasteiger partial charge is 0.497 e. The Morgan fingerprint density at radius 1 is 1.29 bits per heavy atom. The molecule has 3 rings (SSSR count). The summed E-state index contributed by atoms with van der Waals surface area (Å²) < 4.78 is 15.7. The molecule has 1 aliphatic rings. The maximum Gasteiger partial charge on any atom is 0.306 e. The molecule has 1 heterocycles. The van der Waals surface area contributed by atoms with Gasteiger partial charge in [0.25, 0.3) is 5.91 Å². The summed E-state index contributed by atoms with van der Waals surface area (Å²) in [4.78, 5) is 28.3. The van der Waals surface area contributed by atoms with E-state index in [1.807, 2.05) is 17.5 Å². The second kappa shape index (κ2) is 9.36. The van der Waals surface area contributed by atoms with Gasteiger partial charge in [-0.25, -0.2) is 4.98 Å². The molecule has 2 aromatic rings.